The summed E-state index contributed by atoms with van der Waals surface area (Å²) in [5.74, 6) is 0.977. The van der Waals surface area contributed by atoms with Gasteiger partial charge in [-0.2, -0.15) is 0 Å². The Morgan fingerprint density at radius 2 is 2.00 bits per heavy atom. The fourth-order valence-corrected chi connectivity index (χ4v) is 4.33. The molecule has 6 heteroatoms. The summed E-state index contributed by atoms with van der Waals surface area (Å²) in [6.07, 6.45) is 0. The van der Waals surface area contributed by atoms with E-state index in [-0.39, 0.29) is 6.03 Å². The molecule has 0 radical (unpaired) electrons. The Kier molecular flexibility index (Phi) is 4.72. The topological polar surface area (TPSA) is 35.6 Å². The molecule has 2 amide bonds. The van der Waals surface area contributed by atoms with Gasteiger partial charge in [-0.05, 0) is 40.3 Å². The maximum Gasteiger partial charge on any atom is 0.320 e. The van der Waals surface area contributed by atoms with Crippen LogP contribution in [0.3, 0.4) is 0 Å². The number of rotatable bonds is 0. The third-order valence-electron chi connectivity index (χ3n) is 3.67. The summed E-state index contributed by atoms with van der Waals surface area (Å²) < 4.78 is 1.26. The molecule has 1 saturated heterocycles. The molecule has 4 nitrogen and oxygen atoms in total. The van der Waals surface area contributed by atoms with Crippen molar-refractivity contribution in [2.24, 2.45) is 0 Å². The second-order valence-electron chi connectivity index (χ2n) is 5.04. The van der Waals surface area contributed by atoms with Crippen molar-refractivity contribution in [3.63, 3.8) is 0 Å². The summed E-state index contributed by atoms with van der Waals surface area (Å²) in [7, 11) is 0. The monoisotopic (exact) mass is 403 g/mol. The molecule has 0 saturated carbocycles. The van der Waals surface area contributed by atoms with E-state index < -0.39 is 0 Å². The fourth-order valence-electron chi connectivity index (χ4n) is 2.56. The smallest absolute Gasteiger partial charge is 0.320 e. The van der Waals surface area contributed by atoms with E-state index in [1.54, 1.807) is 0 Å². The number of carbonyl (C=O) groups is 1. The summed E-state index contributed by atoms with van der Waals surface area (Å²) >= 11 is 4.21. The van der Waals surface area contributed by atoms with Crippen LogP contribution < -0.4 is 5.32 Å². The second kappa shape index (κ2) is 6.53. The number of piperazine rings is 1. The van der Waals surface area contributed by atoms with E-state index in [0.29, 0.717) is 0 Å². The zero-order chi connectivity index (χ0) is 13.9. The number of fused-ring (bicyclic) bond motifs is 1. The molecule has 0 spiro atoms. The standard InChI is InChI=1S/C14H18IN3OS/c15-12-2-1-11-10-18(7-8-20-13(11)9-12)14(19)17-5-3-16-4-6-17/h1-2,9,16H,3-8,10H2. The maximum absolute atomic E-state index is 12.6. The Morgan fingerprint density at radius 1 is 1.20 bits per heavy atom. The van der Waals surface area contributed by atoms with E-state index in [9.17, 15) is 4.79 Å². The van der Waals surface area contributed by atoms with Gasteiger partial charge in [0, 0.05) is 53.5 Å². The quantitative estimate of drug-likeness (QED) is 0.675. The molecule has 0 unspecified atom stereocenters. The third kappa shape index (κ3) is 3.23. The summed E-state index contributed by atoms with van der Waals surface area (Å²) in [5.41, 5.74) is 1.27. The maximum atomic E-state index is 12.6. The van der Waals surface area contributed by atoms with E-state index >= 15 is 0 Å². The lowest BCUT2D eigenvalue weighted by molar-refractivity contribution is 0.147. The number of nitrogens with one attached hydrogen (secondary N) is 1. The normalized spacial score (nSPS) is 19.4. The lowest BCUT2D eigenvalue weighted by Gasteiger charge is -2.32. The van der Waals surface area contributed by atoms with Crippen LogP contribution in [0.4, 0.5) is 4.79 Å². The highest BCUT2D eigenvalue weighted by atomic mass is 127. The number of halogens is 1. The van der Waals surface area contributed by atoms with Gasteiger partial charge in [0.15, 0.2) is 0 Å². The third-order valence-corrected chi connectivity index (χ3v) is 5.42. The molecule has 0 aromatic heterocycles. The van der Waals surface area contributed by atoms with Crippen LogP contribution in [0.5, 0.6) is 0 Å². The Hall–Kier alpha value is -0.470. The molecule has 0 atom stereocenters. The van der Waals surface area contributed by atoms with Gasteiger partial charge in [-0.1, -0.05) is 6.07 Å². The average molecular weight is 403 g/mol. The number of amides is 2. The summed E-state index contributed by atoms with van der Waals surface area (Å²) in [6, 6.07) is 6.70. The van der Waals surface area contributed by atoms with Crippen molar-refractivity contribution in [1.29, 1.82) is 0 Å². The molecule has 0 bridgehead atoms. The van der Waals surface area contributed by atoms with Gasteiger partial charge in [0.25, 0.3) is 0 Å². The number of urea groups is 1. The van der Waals surface area contributed by atoms with Crippen molar-refractivity contribution in [3.05, 3.63) is 27.3 Å². The first-order valence-electron chi connectivity index (χ1n) is 6.90. The van der Waals surface area contributed by atoms with E-state index in [1.165, 1.54) is 14.0 Å². The SMILES string of the molecule is O=C(N1CCNCC1)N1CCSc2cc(I)ccc2C1. The van der Waals surface area contributed by atoms with E-state index in [0.717, 1.165) is 45.0 Å². The molecule has 1 aromatic carbocycles. The molecule has 1 N–H and O–H groups in total. The molecule has 2 heterocycles. The molecule has 0 aliphatic carbocycles. The molecule has 3 rings (SSSR count). The van der Waals surface area contributed by atoms with Crippen LogP contribution in [0, 0.1) is 3.57 Å². The van der Waals surface area contributed by atoms with Crippen LogP contribution >= 0.6 is 34.4 Å². The number of hydrogen-bond donors (Lipinski definition) is 1. The van der Waals surface area contributed by atoms with Crippen molar-refractivity contribution >= 4 is 40.4 Å². The minimum absolute atomic E-state index is 0.193. The van der Waals surface area contributed by atoms with Gasteiger partial charge in [0.05, 0.1) is 0 Å². The summed E-state index contributed by atoms with van der Waals surface area (Å²) in [6.45, 7) is 5.02. The highest BCUT2D eigenvalue weighted by Gasteiger charge is 2.24. The highest BCUT2D eigenvalue weighted by molar-refractivity contribution is 14.1. The average Bonchev–Trinajstić information content (AvgIpc) is 2.69. The molecular formula is C14H18IN3OS. The summed E-state index contributed by atoms with van der Waals surface area (Å²) in [5, 5.41) is 3.29. The van der Waals surface area contributed by atoms with Gasteiger partial charge in [0.2, 0.25) is 0 Å². The zero-order valence-corrected chi connectivity index (χ0v) is 14.2. The molecule has 1 aromatic rings. The van der Waals surface area contributed by atoms with Crippen molar-refractivity contribution in [1.82, 2.24) is 15.1 Å². The van der Waals surface area contributed by atoms with Crippen LogP contribution in [0.2, 0.25) is 0 Å². The Labute approximate surface area is 137 Å². The fraction of sp³-hybridized carbons (Fsp3) is 0.500. The van der Waals surface area contributed by atoms with Crippen molar-refractivity contribution < 1.29 is 4.79 Å². The molecule has 20 heavy (non-hydrogen) atoms. The first-order valence-corrected chi connectivity index (χ1v) is 8.96. The van der Waals surface area contributed by atoms with Crippen LogP contribution in [0.15, 0.2) is 23.1 Å². The van der Waals surface area contributed by atoms with E-state index in [4.69, 9.17) is 0 Å². The summed E-state index contributed by atoms with van der Waals surface area (Å²) in [4.78, 5) is 17.9. The number of hydrogen-bond acceptors (Lipinski definition) is 3. The molecule has 108 valence electrons. The Morgan fingerprint density at radius 3 is 2.80 bits per heavy atom. The minimum Gasteiger partial charge on any atom is -0.322 e. The first kappa shape index (κ1) is 14.5. The predicted molar refractivity (Wildman–Crippen MR) is 90.1 cm³/mol. The van der Waals surface area contributed by atoms with Gasteiger partial charge in [0.1, 0.15) is 0 Å². The number of nitrogens with zero attached hydrogens (tertiary/aromatic N) is 2. The number of carbonyl (C=O) groups excluding carboxylic acids is 1. The van der Waals surface area contributed by atoms with Crippen LogP contribution in [0.1, 0.15) is 5.56 Å². The first-order chi connectivity index (χ1) is 9.74. The van der Waals surface area contributed by atoms with Crippen LogP contribution in [-0.2, 0) is 6.54 Å². The Bertz CT molecular complexity index is 505. The Balaban J connectivity index is 1.74. The largest absolute Gasteiger partial charge is 0.322 e. The van der Waals surface area contributed by atoms with Crippen molar-refractivity contribution in [2.75, 3.05) is 38.5 Å². The van der Waals surface area contributed by atoms with Gasteiger partial charge < -0.3 is 15.1 Å². The van der Waals surface area contributed by atoms with Crippen LogP contribution in [-0.4, -0.2) is 54.3 Å². The molecular weight excluding hydrogens is 385 g/mol. The number of thioether (sulfide) groups is 1. The minimum atomic E-state index is 0.193. The highest BCUT2D eigenvalue weighted by Crippen LogP contribution is 2.29. The molecule has 2 aliphatic heterocycles. The van der Waals surface area contributed by atoms with Crippen molar-refractivity contribution in [2.45, 2.75) is 11.4 Å². The van der Waals surface area contributed by atoms with Gasteiger partial charge in [-0.3, -0.25) is 0 Å². The van der Waals surface area contributed by atoms with E-state index in [2.05, 4.69) is 46.1 Å². The molecule has 2 aliphatic rings. The zero-order valence-electron chi connectivity index (χ0n) is 11.3. The van der Waals surface area contributed by atoms with Gasteiger partial charge in [-0.15, -0.1) is 11.8 Å². The number of benzene rings is 1. The van der Waals surface area contributed by atoms with Gasteiger partial charge >= 0.3 is 6.03 Å². The van der Waals surface area contributed by atoms with Gasteiger partial charge in [-0.25, -0.2) is 4.79 Å². The van der Waals surface area contributed by atoms with E-state index in [1.807, 2.05) is 21.6 Å². The molecule has 1 fully saturated rings. The lowest BCUT2D eigenvalue weighted by Crippen LogP contribution is -2.51. The predicted octanol–water partition coefficient (Wildman–Crippen LogP) is 2.22. The lowest BCUT2D eigenvalue weighted by atomic mass is 10.2. The van der Waals surface area contributed by atoms with Crippen molar-refractivity contribution in [3.8, 4) is 0 Å². The van der Waals surface area contributed by atoms with Crippen LogP contribution in [0.25, 0.3) is 0 Å². The second-order valence-corrected chi connectivity index (χ2v) is 7.42.